The molecule has 2 rings (SSSR count). The smallest absolute Gasteiger partial charge is 0.221 e. The molecule has 4 heteroatoms. The van der Waals surface area contributed by atoms with E-state index < -0.39 is 0 Å². The molecule has 0 aromatic rings. The van der Waals surface area contributed by atoms with Crippen LogP contribution in [0.15, 0.2) is 0 Å². The van der Waals surface area contributed by atoms with Crippen molar-refractivity contribution in [3.8, 4) is 0 Å². The van der Waals surface area contributed by atoms with Crippen LogP contribution in [0.2, 0.25) is 0 Å². The Morgan fingerprint density at radius 2 is 2.28 bits per heavy atom. The normalized spacial score (nSPS) is 35.0. The Hall–Kier alpha value is -0.610. The topological polar surface area (TPSA) is 58.4 Å². The predicted molar refractivity (Wildman–Crippen MR) is 73.2 cm³/mol. The van der Waals surface area contributed by atoms with E-state index in [1.165, 1.54) is 19.3 Å². The number of hydrogen-bond acceptors (Lipinski definition) is 3. The fourth-order valence-corrected chi connectivity index (χ4v) is 3.47. The molecule has 2 aliphatic heterocycles. The molecular formula is C14H27N3O. The fourth-order valence-electron chi connectivity index (χ4n) is 3.47. The number of carbonyl (C=O) groups excluding carboxylic acids is 1. The highest BCUT2D eigenvalue weighted by molar-refractivity contribution is 5.76. The van der Waals surface area contributed by atoms with Crippen LogP contribution in [0.3, 0.4) is 0 Å². The van der Waals surface area contributed by atoms with Crippen LogP contribution in [-0.2, 0) is 4.79 Å². The average Bonchev–Trinajstić information content (AvgIpc) is 2.62. The SMILES string of the molecule is CCC1CCN(C2CCCNC(=O)C2)C(CN)C1. The van der Waals surface area contributed by atoms with Crippen LogP contribution in [-0.4, -0.2) is 42.5 Å². The van der Waals surface area contributed by atoms with Gasteiger partial charge in [-0.25, -0.2) is 0 Å². The van der Waals surface area contributed by atoms with E-state index in [0.29, 0.717) is 18.5 Å². The minimum atomic E-state index is 0.214. The van der Waals surface area contributed by atoms with Gasteiger partial charge in [0.05, 0.1) is 0 Å². The van der Waals surface area contributed by atoms with Crippen LogP contribution in [0.25, 0.3) is 0 Å². The van der Waals surface area contributed by atoms with Gasteiger partial charge in [0, 0.05) is 31.6 Å². The van der Waals surface area contributed by atoms with Crippen molar-refractivity contribution in [2.45, 2.75) is 57.5 Å². The van der Waals surface area contributed by atoms with Gasteiger partial charge in [0.1, 0.15) is 0 Å². The summed E-state index contributed by atoms with van der Waals surface area (Å²) < 4.78 is 0. The summed E-state index contributed by atoms with van der Waals surface area (Å²) in [7, 11) is 0. The molecule has 0 radical (unpaired) electrons. The molecule has 2 aliphatic rings. The lowest BCUT2D eigenvalue weighted by Crippen LogP contribution is -2.52. The third-order valence-corrected chi connectivity index (χ3v) is 4.65. The number of hydrogen-bond donors (Lipinski definition) is 2. The van der Waals surface area contributed by atoms with E-state index in [1.807, 2.05) is 0 Å². The molecule has 0 bridgehead atoms. The summed E-state index contributed by atoms with van der Waals surface area (Å²) in [5.74, 6) is 1.04. The molecule has 0 spiro atoms. The molecule has 4 nitrogen and oxygen atoms in total. The molecule has 2 heterocycles. The molecule has 104 valence electrons. The van der Waals surface area contributed by atoms with Crippen LogP contribution in [0.4, 0.5) is 0 Å². The van der Waals surface area contributed by atoms with Crippen LogP contribution in [0, 0.1) is 5.92 Å². The Bertz CT molecular complexity index is 282. The number of rotatable bonds is 3. The second kappa shape index (κ2) is 6.53. The van der Waals surface area contributed by atoms with Gasteiger partial charge in [-0.2, -0.15) is 0 Å². The molecule has 18 heavy (non-hydrogen) atoms. The van der Waals surface area contributed by atoms with E-state index in [-0.39, 0.29) is 5.91 Å². The number of likely N-dealkylation sites (tertiary alicyclic amines) is 1. The van der Waals surface area contributed by atoms with Crippen LogP contribution < -0.4 is 11.1 Å². The van der Waals surface area contributed by atoms with Crippen molar-refractivity contribution in [3.05, 3.63) is 0 Å². The van der Waals surface area contributed by atoms with Crippen molar-refractivity contribution in [2.75, 3.05) is 19.6 Å². The van der Waals surface area contributed by atoms with Crippen LogP contribution >= 0.6 is 0 Å². The second-order valence-corrected chi connectivity index (χ2v) is 5.78. The standard InChI is InChI=1S/C14H27N3O/c1-2-11-5-7-17(13(8-11)10-15)12-4-3-6-16-14(18)9-12/h11-13H,2-10,15H2,1H3,(H,16,18). The van der Waals surface area contributed by atoms with Gasteiger partial charge in [0.15, 0.2) is 0 Å². The van der Waals surface area contributed by atoms with E-state index >= 15 is 0 Å². The van der Waals surface area contributed by atoms with Gasteiger partial charge < -0.3 is 11.1 Å². The van der Waals surface area contributed by atoms with E-state index in [0.717, 1.165) is 38.4 Å². The maximum absolute atomic E-state index is 11.7. The Morgan fingerprint density at radius 3 is 3.00 bits per heavy atom. The summed E-state index contributed by atoms with van der Waals surface area (Å²) in [4.78, 5) is 14.2. The third-order valence-electron chi connectivity index (χ3n) is 4.65. The number of nitrogens with two attached hydrogens (primary N) is 1. The van der Waals surface area contributed by atoms with E-state index in [4.69, 9.17) is 5.73 Å². The average molecular weight is 253 g/mol. The molecule has 3 unspecified atom stereocenters. The Kier molecular flexibility index (Phi) is 5.01. The van der Waals surface area contributed by atoms with Gasteiger partial charge in [-0.3, -0.25) is 9.69 Å². The van der Waals surface area contributed by atoms with Crippen LogP contribution in [0.5, 0.6) is 0 Å². The summed E-state index contributed by atoms with van der Waals surface area (Å²) in [6.07, 6.45) is 6.63. The largest absolute Gasteiger partial charge is 0.356 e. The summed E-state index contributed by atoms with van der Waals surface area (Å²) in [6, 6.07) is 0.901. The summed E-state index contributed by atoms with van der Waals surface area (Å²) in [6.45, 7) is 4.97. The van der Waals surface area contributed by atoms with Gasteiger partial charge in [-0.1, -0.05) is 13.3 Å². The highest BCUT2D eigenvalue weighted by atomic mass is 16.1. The van der Waals surface area contributed by atoms with Crippen molar-refractivity contribution >= 4 is 5.91 Å². The van der Waals surface area contributed by atoms with Crippen molar-refractivity contribution in [3.63, 3.8) is 0 Å². The number of nitrogens with zero attached hydrogens (tertiary/aromatic N) is 1. The molecule has 2 fully saturated rings. The van der Waals surface area contributed by atoms with E-state index in [2.05, 4.69) is 17.1 Å². The molecule has 3 N–H and O–H groups in total. The molecular weight excluding hydrogens is 226 g/mol. The number of carbonyl (C=O) groups is 1. The fraction of sp³-hybridized carbons (Fsp3) is 0.929. The summed E-state index contributed by atoms with van der Waals surface area (Å²) in [5, 5.41) is 2.97. The zero-order valence-corrected chi connectivity index (χ0v) is 11.5. The molecule has 2 saturated heterocycles. The first-order chi connectivity index (χ1) is 8.74. The lowest BCUT2D eigenvalue weighted by Gasteiger charge is -2.43. The Morgan fingerprint density at radius 1 is 1.44 bits per heavy atom. The lowest BCUT2D eigenvalue weighted by molar-refractivity contribution is -0.122. The minimum absolute atomic E-state index is 0.214. The third kappa shape index (κ3) is 3.23. The molecule has 0 aliphatic carbocycles. The van der Waals surface area contributed by atoms with Crippen molar-refractivity contribution < 1.29 is 4.79 Å². The monoisotopic (exact) mass is 253 g/mol. The Labute approximate surface area is 110 Å². The molecule has 0 saturated carbocycles. The Balaban J connectivity index is 1.99. The molecule has 0 aromatic carbocycles. The lowest BCUT2D eigenvalue weighted by atomic mass is 9.87. The molecule has 1 amide bonds. The quantitative estimate of drug-likeness (QED) is 0.792. The molecule has 3 atom stereocenters. The highest BCUT2D eigenvalue weighted by Crippen LogP contribution is 2.29. The van der Waals surface area contributed by atoms with E-state index in [9.17, 15) is 4.79 Å². The van der Waals surface area contributed by atoms with Gasteiger partial charge in [-0.15, -0.1) is 0 Å². The summed E-state index contributed by atoms with van der Waals surface area (Å²) in [5.41, 5.74) is 5.95. The van der Waals surface area contributed by atoms with Crippen molar-refractivity contribution in [1.82, 2.24) is 10.2 Å². The van der Waals surface area contributed by atoms with Gasteiger partial charge >= 0.3 is 0 Å². The van der Waals surface area contributed by atoms with E-state index in [1.54, 1.807) is 0 Å². The van der Waals surface area contributed by atoms with Crippen molar-refractivity contribution in [2.24, 2.45) is 11.7 Å². The zero-order valence-electron chi connectivity index (χ0n) is 11.5. The van der Waals surface area contributed by atoms with Crippen molar-refractivity contribution in [1.29, 1.82) is 0 Å². The minimum Gasteiger partial charge on any atom is -0.356 e. The number of nitrogens with one attached hydrogen (secondary N) is 1. The first kappa shape index (κ1) is 13.8. The zero-order chi connectivity index (χ0) is 13.0. The predicted octanol–water partition coefficient (Wildman–Crippen LogP) is 1.10. The first-order valence-corrected chi connectivity index (χ1v) is 7.47. The number of piperidine rings is 1. The second-order valence-electron chi connectivity index (χ2n) is 5.78. The van der Waals surface area contributed by atoms with Gasteiger partial charge in [0.25, 0.3) is 0 Å². The highest BCUT2D eigenvalue weighted by Gasteiger charge is 2.33. The maximum atomic E-state index is 11.7. The summed E-state index contributed by atoms with van der Waals surface area (Å²) >= 11 is 0. The van der Waals surface area contributed by atoms with Gasteiger partial charge in [-0.05, 0) is 38.1 Å². The maximum Gasteiger partial charge on any atom is 0.221 e. The number of amides is 1. The van der Waals surface area contributed by atoms with Gasteiger partial charge in [0.2, 0.25) is 5.91 Å². The first-order valence-electron chi connectivity index (χ1n) is 7.47. The van der Waals surface area contributed by atoms with Crippen LogP contribution in [0.1, 0.15) is 45.4 Å². The molecule has 0 aromatic heterocycles.